The normalized spacial score (nSPS) is 16.7. The molecular formula is C31H30N2O4. The molecule has 0 radical (unpaired) electrons. The molecule has 188 valence electrons. The van der Waals surface area contributed by atoms with Gasteiger partial charge >= 0.3 is 0 Å². The number of allylic oxidation sites excluding steroid dienone is 1. The van der Waals surface area contributed by atoms with Gasteiger partial charge in [-0.15, -0.1) is 0 Å². The Morgan fingerprint density at radius 1 is 0.892 bits per heavy atom. The van der Waals surface area contributed by atoms with Gasteiger partial charge in [-0.3, -0.25) is 19.3 Å². The number of amides is 3. The summed E-state index contributed by atoms with van der Waals surface area (Å²) in [5.74, 6) is -0.550. The van der Waals surface area contributed by atoms with E-state index in [1.54, 1.807) is 29.2 Å². The molecule has 0 saturated carbocycles. The van der Waals surface area contributed by atoms with Crippen LogP contribution < -0.4 is 9.64 Å². The highest BCUT2D eigenvalue weighted by atomic mass is 16.5. The van der Waals surface area contributed by atoms with Gasteiger partial charge in [-0.2, -0.15) is 0 Å². The molecule has 2 aliphatic heterocycles. The zero-order valence-corrected chi connectivity index (χ0v) is 21.5. The number of anilines is 1. The predicted molar refractivity (Wildman–Crippen MR) is 144 cm³/mol. The summed E-state index contributed by atoms with van der Waals surface area (Å²) in [5.41, 5.74) is 3.48. The van der Waals surface area contributed by atoms with E-state index in [2.05, 4.69) is 6.08 Å². The van der Waals surface area contributed by atoms with Crippen molar-refractivity contribution in [2.45, 2.75) is 45.7 Å². The van der Waals surface area contributed by atoms with Crippen molar-refractivity contribution in [1.29, 1.82) is 0 Å². The lowest BCUT2D eigenvalue weighted by molar-refractivity contribution is -0.123. The molecule has 0 aliphatic carbocycles. The van der Waals surface area contributed by atoms with Crippen LogP contribution in [0.25, 0.3) is 5.57 Å². The summed E-state index contributed by atoms with van der Waals surface area (Å²) in [6, 6.07) is 20.9. The molecule has 3 amide bonds. The van der Waals surface area contributed by atoms with Crippen LogP contribution in [0.15, 0.2) is 78.9 Å². The summed E-state index contributed by atoms with van der Waals surface area (Å²) in [6.07, 6.45) is 2.26. The summed E-state index contributed by atoms with van der Waals surface area (Å²) in [6.45, 7) is 8.36. The summed E-state index contributed by atoms with van der Waals surface area (Å²) >= 11 is 0. The van der Waals surface area contributed by atoms with Crippen LogP contribution in [-0.4, -0.2) is 40.8 Å². The Morgan fingerprint density at radius 3 is 2.14 bits per heavy atom. The van der Waals surface area contributed by atoms with Crippen LogP contribution in [0.3, 0.4) is 0 Å². The third-order valence-corrected chi connectivity index (χ3v) is 7.01. The standard InChI is InChI=1S/C31H30N2O4/c1-5-37-22-15-16-23-20(2)19-31(3,4)33(26(23)18-22)30(36)27(17-21-11-7-6-8-12-21)32-28(34)24-13-9-10-14-25(24)29(32)35/h6-16,18-19,27H,5,17H2,1-4H3/t27-/m0/s1. The van der Waals surface area contributed by atoms with Gasteiger partial charge in [-0.25, -0.2) is 0 Å². The van der Waals surface area contributed by atoms with Gasteiger partial charge in [0.2, 0.25) is 0 Å². The van der Waals surface area contributed by atoms with Crippen molar-refractivity contribution in [2.75, 3.05) is 11.5 Å². The van der Waals surface area contributed by atoms with Crippen molar-refractivity contribution < 1.29 is 19.1 Å². The fraction of sp³-hybridized carbons (Fsp3) is 0.258. The molecule has 2 heterocycles. The smallest absolute Gasteiger partial charge is 0.262 e. The molecule has 0 unspecified atom stereocenters. The van der Waals surface area contributed by atoms with E-state index in [9.17, 15) is 14.4 Å². The van der Waals surface area contributed by atoms with Gasteiger partial charge in [0.25, 0.3) is 17.7 Å². The molecule has 2 aliphatic rings. The van der Waals surface area contributed by atoms with Gasteiger partial charge in [0, 0.05) is 18.1 Å². The molecular weight excluding hydrogens is 464 g/mol. The number of ether oxygens (including phenoxy) is 1. The number of hydrogen-bond acceptors (Lipinski definition) is 4. The van der Waals surface area contributed by atoms with E-state index < -0.39 is 23.4 Å². The number of carbonyl (C=O) groups is 3. The highest BCUT2D eigenvalue weighted by molar-refractivity contribution is 6.23. The molecule has 0 fully saturated rings. The number of carbonyl (C=O) groups excluding carboxylic acids is 3. The number of rotatable bonds is 6. The highest BCUT2D eigenvalue weighted by Crippen LogP contribution is 2.42. The zero-order valence-electron chi connectivity index (χ0n) is 21.5. The lowest BCUT2D eigenvalue weighted by Crippen LogP contribution is -2.58. The molecule has 0 aromatic heterocycles. The number of fused-ring (bicyclic) bond motifs is 2. The Labute approximate surface area is 217 Å². The highest BCUT2D eigenvalue weighted by Gasteiger charge is 2.47. The van der Waals surface area contributed by atoms with Crippen molar-refractivity contribution in [2.24, 2.45) is 0 Å². The number of hydrogen-bond donors (Lipinski definition) is 0. The Bertz CT molecular complexity index is 1390. The van der Waals surface area contributed by atoms with E-state index in [1.165, 1.54) is 0 Å². The summed E-state index contributed by atoms with van der Waals surface area (Å²) in [7, 11) is 0. The molecule has 5 rings (SSSR count). The average molecular weight is 495 g/mol. The van der Waals surface area contributed by atoms with E-state index in [4.69, 9.17) is 4.74 Å². The zero-order chi connectivity index (χ0) is 26.3. The SMILES string of the molecule is CCOc1ccc2c(c1)N(C(=O)[C@H](Cc1ccccc1)N1C(=O)c3ccccc3C1=O)C(C)(C)C=C2C. The second-order valence-electron chi connectivity index (χ2n) is 10.00. The molecule has 6 nitrogen and oxygen atoms in total. The Kier molecular flexibility index (Phi) is 6.20. The molecule has 0 bridgehead atoms. The fourth-order valence-electron chi connectivity index (χ4n) is 5.44. The monoisotopic (exact) mass is 494 g/mol. The second-order valence-corrected chi connectivity index (χ2v) is 10.00. The van der Waals surface area contributed by atoms with Gasteiger partial charge in [-0.1, -0.05) is 48.5 Å². The Balaban J connectivity index is 1.63. The topological polar surface area (TPSA) is 66.9 Å². The maximum absolute atomic E-state index is 14.6. The van der Waals surface area contributed by atoms with Gasteiger partial charge in [0.05, 0.1) is 29.0 Å². The molecule has 6 heteroatoms. The fourth-order valence-corrected chi connectivity index (χ4v) is 5.44. The van der Waals surface area contributed by atoms with E-state index >= 15 is 0 Å². The van der Waals surface area contributed by atoms with E-state index in [0.717, 1.165) is 21.6 Å². The largest absolute Gasteiger partial charge is 0.494 e. The third kappa shape index (κ3) is 4.22. The first-order chi connectivity index (χ1) is 17.7. The number of imide groups is 1. The van der Waals surface area contributed by atoms with Gasteiger partial charge in [-0.05, 0) is 63.1 Å². The van der Waals surface area contributed by atoms with Crippen LogP contribution in [0, 0.1) is 0 Å². The second kappa shape index (κ2) is 9.36. The molecule has 37 heavy (non-hydrogen) atoms. The molecule has 3 aromatic carbocycles. The molecule has 0 N–H and O–H groups in total. The Hall–Kier alpha value is -4.19. The van der Waals surface area contributed by atoms with E-state index in [0.29, 0.717) is 29.2 Å². The van der Waals surface area contributed by atoms with Crippen molar-refractivity contribution >= 4 is 29.0 Å². The summed E-state index contributed by atoms with van der Waals surface area (Å²) < 4.78 is 5.76. The van der Waals surface area contributed by atoms with Gasteiger partial charge in [0.15, 0.2) is 0 Å². The molecule has 0 spiro atoms. The van der Waals surface area contributed by atoms with Gasteiger partial charge < -0.3 is 9.64 Å². The maximum Gasteiger partial charge on any atom is 0.262 e. The first-order valence-electron chi connectivity index (χ1n) is 12.5. The van der Waals surface area contributed by atoms with Crippen molar-refractivity contribution in [3.8, 4) is 5.75 Å². The number of benzene rings is 3. The minimum atomic E-state index is -1.02. The lowest BCUT2D eigenvalue weighted by atomic mass is 9.87. The van der Waals surface area contributed by atoms with Crippen LogP contribution in [0.1, 0.15) is 59.5 Å². The first kappa shape index (κ1) is 24.5. The quantitative estimate of drug-likeness (QED) is 0.423. The predicted octanol–water partition coefficient (Wildman–Crippen LogP) is 5.52. The minimum absolute atomic E-state index is 0.209. The molecule has 3 aromatic rings. The summed E-state index contributed by atoms with van der Waals surface area (Å²) in [5, 5.41) is 0. The maximum atomic E-state index is 14.6. The van der Waals surface area contributed by atoms with Crippen LogP contribution in [0.5, 0.6) is 5.75 Å². The van der Waals surface area contributed by atoms with Crippen LogP contribution >= 0.6 is 0 Å². The van der Waals surface area contributed by atoms with Crippen molar-refractivity contribution in [3.63, 3.8) is 0 Å². The van der Waals surface area contributed by atoms with Gasteiger partial charge in [0.1, 0.15) is 11.8 Å². The Morgan fingerprint density at radius 2 is 1.51 bits per heavy atom. The van der Waals surface area contributed by atoms with E-state index in [-0.39, 0.29) is 12.3 Å². The van der Waals surface area contributed by atoms with Crippen LogP contribution in [0.2, 0.25) is 0 Å². The van der Waals surface area contributed by atoms with Crippen LogP contribution in [-0.2, 0) is 11.2 Å². The third-order valence-electron chi connectivity index (χ3n) is 7.01. The minimum Gasteiger partial charge on any atom is -0.494 e. The van der Waals surface area contributed by atoms with Crippen molar-refractivity contribution in [3.05, 3.63) is 101 Å². The van der Waals surface area contributed by atoms with Crippen molar-refractivity contribution in [1.82, 2.24) is 4.90 Å². The summed E-state index contributed by atoms with van der Waals surface area (Å²) in [4.78, 5) is 44.5. The number of nitrogens with zero attached hydrogens (tertiary/aromatic N) is 2. The lowest BCUT2D eigenvalue weighted by Gasteiger charge is -2.44. The van der Waals surface area contributed by atoms with Crippen LogP contribution in [0.4, 0.5) is 5.69 Å². The molecule has 1 atom stereocenters. The first-order valence-corrected chi connectivity index (χ1v) is 12.5. The van der Waals surface area contributed by atoms with E-state index in [1.807, 2.05) is 76.2 Å². The average Bonchev–Trinajstić information content (AvgIpc) is 3.12. The molecule has 0 saturated heterocycles.